The van der Waals surface area contributed by atoms with E-state index in [1.807, 2.05) is 36.4 Å². The molecule has 1 saturated heterocycles. The third kappa shape index (κ3) is 3.94. The highest BCUT2D eigenvalue weighted by Crippen LogP contribution is 2.21. The van der Waals surface area contributed by atoms with Crippen molar-refractivity contribution in [1.82, 2.24) is 20.7 Å². The summed E-state index contributed by atoms with van der Waals surface area (Å²) in [6, 6.07) is 11.9. The Balaban J connectivity index is 1.40. The van der Waals surface area contributed by atoms with Crippen LogP contribution in [0.5, 0.6) is 0 Å². The van der Waals surface area contributed by atoms with Crippen molar-refractivity contribution in [2.45, 2.75) is 25.3 Å². The predicted molar refractivity (Wildman–Crippen MR) is 101 cm³/mol. The van der Waals surface area contributed by atoms with E-state index in [4.69, 9.17) is 0 Å². The molecule has 2 aliphatic rings. The summed E-state index contributed by atoms with van der Waals surface area (Å²) < 4.78 is 0. The van der Waals surface area contributed by atoms with E-state index in [-0.39, 0.29) is 17.9 Å². The van der Waals surface area contributed by atoms with Crippen molar-refractivity contribution in [3.8, 4) is 11.3 Å². The number of hydrogen-bond donors (Lipinski definition) is 2. The van der Waals surface area contributed by atoms with Crippen LogP contribution in [-0.4, -0.2) is 46.6 Å². The van der Waals surface area contributed by atoms with Crippen molar-refractivity contribution in [2.24, 2.45) is 5.10 Å². The molecule has 0 radical (unpaired) electrons. The van der Waals surface area contributed by atoms with Crippen LogP contribution in [0.25, 0.3) is 11.3 Å². The molecule has 3 heterocycles. The molecule has 2 amide bonds. The maximum atomic E-state index is 12.3. The Morgan fingerprint density at radius 3 is 2.81 bits per heavy atom. The van der Waals surface area contributed by atoms with E-state index >= 15 is 0 Å². The number of anilines is 1. The van der Waals surface area contributed by atoms with Gasteiger partial charge in [0.15, 0.2) is 0 Å². The second kappa shape index (κ2) is 7.53. The van der Waals surface area contributed by atoms with Gasteiger partial charge in [-0.3, -0.25) is 9.59 Å². The predicted octanol–water partition coefficient (Wildman–Crippen LogP) is 1.10. The first-order valence-corrected chi connectivity index (χ1v) is 8.99. The fraction of sp³-hybridized carbons (Fsp3) is 0.316. The first kappa shape index (κ1) is 17.1. The van der Waals surface area contributed by atoms with Crippen LogP contribution in [-0.2, 0) is 9.59 Å². The quantitative estimate of drug-likeness (QED) is 0.846. The lowest BCUT2D eigenvalue weighted by Gasteiger charge is -2.18. The number of aromatic nitrogens is 2. The molecule has 0 aliphatic carbocycles. The van der Waals surface area contributed by atoms with E-state index in [9.17, 15) is 9.59 Å². The van der Waals surface area contributed by atoms with Crippen LogP contribution in [0, 0.1) is 0 Å². The number of amides is 2. The van der Waals surface area contributed by atoms with E-state index in [1.165, 1.54) is 0 Å². The van der Waals surface area contributed by atoms with Crippen LogP contribution in [0.4, 0.5) is 5.95 Å². The van der Waals surface area contributed by atoms with Crippen molar-refractivity contribution in [2.75, 3.05) is 18.0 Å². The molecule has 1 aromatic heterocycles. The van der Waals surface area contributed by atoms with Gasteiger partial charge in [-0.05, 0) is 12.5 Å². The maximum Gasteiger partial charge on any atom is 0.267 e. The molecule has 1 atom stereocenters. The fourth-order valence-corrected chi connectivity index (χ4v) is 3.24. The van der Waals surface area contributed by atoms with Crippen molar-refractivity contribution in [3.63, 3.8) is 0 Å². The SMILES string of the molecule is O=C1CCC(C(=O)NC2CCN(c3nccc(-c4ccccc4)n3)C2)=NN1. The molecule has 2 aliphatic heterocycles. The minimum absolute atomic E-state index is 0.00168. The Labute approximate surface area is 156 Å². The highest BCUT2D eigenvalue weighted by molar-refractivity contribution is 6.39. The smallest absolute Gasteiger partial charge is 0.267 e. The number of hydrazone groups is 1. The summed E-state index contributed by atoms with van der Waals surface area (Å²) >= 11 is 0. The Hall–Kier alpha value is -3.29. The molecule has 2 aromatic rings. The van der Waals surface area contributed by atoms with Crippen LogP contribution in [0.2, 0.25) is 0 Å². The van der Waals surface area contributed by atoms with Crippen LogP contribution < -0.4 is 15.6 Å². The van der Waals surface area contributed by atoms with E-state index in [1.54, 1.807) is 6.20 Å². The standard InChI is InChI=1S/C19H20N6O2/c26-17-7-6-16(23-24-17)18(27)21-14-9-11-25(12-14)19-20-10-8-15(22-19)13-4-2-1-3-5-13/h1-5,8,10,14H,6-7,9,11-12H2,(H,21,27)(H,24,26). The van der Waals surface area contributed by atoms with Crippen LogP contribution in [0.3, 0.4) is 0 Å². The third-order valence-corrected chi connectivity index (χ3v) is 4.69. The molecule has 138 valence electrons. The molecule has 27 heavy (non-hydrogen) atoms. The molecule has 1 unspecified atom stereocenters. The largest absolute Gasteiger partial charge is 0.346 e. The monoisotopic (exact) mass is 364 g/mol. The molecule has 0 bridgehead atoms. The zero-order valence-corrected chi connectivity index (χ0v) is 14.8. The number of nitrogens with zero attached hydrogens (tertiary/aromatic N) is 4. The lowest BCUT2D eigenvalue weighted by Crippen LogP contribution is -2.43. The van der Waals surface area contributed by atoms with Gasteiger partial charge in [0.1, 0.15) is 5.71 Å². The van der Waals surface area contributed by atoms with Crippen LogP contribution >= 0.6 is 0 Å². The van der Waals surface area contributed by atoms with Gasteiger partial charge in [0.05, 0.1) is 5.69 Å². The van der Waals surface area contributed by atoms with Gasteiger partial charge in [-0.15, -0.1) is 0 Å². The van der Waals surface area contributed by atoms with Gasteiger partial charge < -0.3 is 10.2 Å². The summed E-state index contributed by atoms with van der Waals surface area (Å²) in [4.78, 5) is 34.6. The van der Waals surface area contributed by atoms with E-state index in [0.717, 1.165) is 24.2 Å². The Morgan fingerprint density at radius 2 is 2.04 bits per heavy atom. The third-order valence-electron chi connectivity index (χ3n) is 4.69. The average molecular weight is 364 g/mol. The van der Waals surface area contributed by atoms with Gasteiger partial charge in [0.25, 0.3) is 5.91 Å². The number of rotatable bonds is 4. The number of nitrogens with one attached hydrogen (secondary N) is 2. The summed E-state index contributed by atoms with van der Waals surface area (Å²) in [6.07, 6.45) is 3.24. The van der Waals surface area contributed by atoms with Gasteiger partial charge in [-0.1, -0.05) is 30.3 Å². The Bertz CT molecular complexity index is 883. The van der Waals surface area contributed by atoms with Crippen molar-refractivity contribution >= 4 is 23.5 Å². The number of carbonyl (C=O) groups is 2. The summed E-state index contributed by atoms with van der Waals surface area (Å²) in [5.74, 6) is 0.283. The van der Waals surface area contributed by atoms with Crippen molar-refractivity contribution < 1.29 is 9.59 Å². The van der Waals surface area contributed by atoms with Gasteiger partial charge in [-0.25, -0.2) is 15.4 Å². The fourth-order valence-electron chi connectivity index (χ4n) is 3.24. The normalized spacial score (nSPS) is 19.4. The molecule has 2 N–H and O–H groups in total. The number of hydrogen-bond acceptors (Lipinski definition) is 6. The van der Waals surface area contributed by atoms with Gasteiger partial charge in [0.2, 0.25) is 11.9 Å². The first-order valence-electron chi connectivity index (χ1n) is 8.99. The molecule has 0 saturated carbocycles. The molecule has 4 rings (SSSR count). The lowest BCUT2D eigenvalue weighted by atomic mass is 10.1. The molecule has 0 spiro atoms. The highest BCUT2D eigenvalue weighted by Gasteiger charge is 2.28. The van der Waals surface area contributed by atoms with Crippen molar-refractivity contribution in [3.05, 3.63) is 42.6 Å². The molecule has 1 aromatic carbocycles. The van der Waals surface area contributed by atoms with E-state index < -0.39 is 0 Å². The van der Waals surface area contributed by atoms with E-state index in [0.29, 0.717) is 31.0 Å². The first-order chi connectivity index (χ1) is 13.2. The summed E-state index contributed by atoms with van der Waals surface area (Å²) in [5.41, 5.74) is 4.64. The number of carbonyl (C=O) groups excluding carboxylic acids is 2. The zero-order chi connectivity index (χ0) is 18.6. The lowest BCUT2D eigenvalue weighted by molar-refractivity contribution is -0.121. The Kier molecular flexibility index (Phi) is 4.78. The molecular weight excluding hydrogens is 344 g/mol. The minimum atomic E-state index is -0.221. The summed E-state index contributed by atoms with van der Waals surface area (Å²) in [5, 5.41) is 6.83. The maximum absolute atomic E-state index is 12.3. The second-order valence-electron chi connectivity index (χ2n) is 6.61. The summed E-state index contributed by atoms with van der Waals surface area (Å²) in [6.45, 7) is 1.41. The molecular formula is C19H20N6O2. The highest BCUT2D eigenvalue weighted by atomic mass is 16.2. The van der Waals surface area contributed by atoms with E-state index in [2.05, 4.69) is 30.7 Å². The van der Waals surface area contributed by atoms with Crippen molar-refractivity contribution in [1.29, 1.82) is 0 Å². The second-order valence-corrected chi connectivity index (χ2v) is 6.61. The molecule has 1 fully saturated rings. The molecule has 8 nitrogen and oxygen atoms in total. The van der Waals surface area contributed by atoms with Crippen LogP contribution in [0.1, 0.15) is 19.3 Å². The van der Waals surface area contributed by atoms with Gasteiger partial charge >= 0.3 is 0 Å². The zero-order valence-electron chi connectivity index (χ0n) is 14.8. The summed E-state index contributed by atoms with van der Waals surface area (Å²) in [7, 11) is 0. The average Bonchev–Trinajstić information content (AvgIpc) is 3.18. The Morgan fingerprint density at radius 1 is 1.19 bits per heavy atom. The van der Waals surface area contributed by atoms with Gasteiger partial charge in [-0.2, -0.15) is 5.10 Å². The number of benzene rings is 1. The van der Waals surface area contributed by atoms with Crippen LogP contribution in [0.15, 0.2) is 47.7 Å². The topological polar surface area (TPSA) is 99.6 Å². The van der Waals surface area contributed by atoms with Gasteiger partial charge in [0, 0.05) is 43.7 Å². The minimum Gasteiger partial charge on any atom is -0.346 e. The molecule has 8 heteroatoms.